The molecule has 0 saturated carbocycles. The Morgan fingerprint density at radius 3 is 2.90 bits per heavy atom. The Hall–Kier alpha value is -0.850. The number of benzene rings is 1. The van der Waals surface area contributed by atoms with Gasteiger partial charge in [-0.2, -0.15) is 0 Å². The molecule has 1 heterocycles. The zero-order valence-corrected chi connectivity index (χ0v) is 13.7. The Kier molecular flexibility index (Phi) is 4.12. The van der Waals surface area contributed by atoms with Crippen LogP contribution in [0.2, 0.25) is 10.0 Å². The van der Waals surface area contributed by atoms with E-state index in [1.54, 1.807) is 12.3 Å². The molecule has 0 amide bonds. The Bertz CT molecular complexity index is 676. The van der Waals surface area contributed by atoms with Gasteiger partial charge in [-0.05, 0) is 30.3 Å². The van der Waals surface area contributed by atoms with E-state index in [0.717, 1.165) is 16.0 Å². The van der Waals surface area contributed by atoms with Gasteiger partial charge in [0.1, 0.15) is 0 Å². The van der Waals surface area contributed by atoms with E-state index in [4.69, 9.17) is 28.9 Å². The maximum absolute atomic E-state index is 10.4. The summed E-state index contributed by atoms with van der Waals surface area (Å²) < 4.78 is 0. The van der Waals surface area contributed by atoms with Crippen molar-refractivity contribution in [2.75, 3.05) is 12.8 Å². The van der Waals surface area contributed by atoms with Gasteiger partial charge in [0.05, 0.1) is 12.1 Å². The molecule has 1 aliphatic rings. The van der Waals surface area contributed by atoms with Crippen LogP contribution in [0.3, 0.4) is 0 Å². The first-order valence-electron chi connectivity index (χ1n) is 6.52. The van der Waals surface area contributed by atoms with Crippen LogP contribution < -0.4 is 5.73 Å². The lowest BCUT2D eigenvalue weighted by Gasteiger charge is -2.27. The van der Waals surface area contributed by atoms with Gasteiger partial charge in [0.15, 0.2) is 5.13 Å². The van der Waals surface area contributed by atoms with Gasteiger partial charge in [0.25, 0.3) is 0 Å². The minimum atomic E-state index is -0.494. The first kappa shape index (κ1) is 15.1. The van der Waals surface area contributed by atoms with Crippen LogP contribution in [0, 0.1) is 0 Å². The number of anilines is 1. The number of likely N-dealkylation sites (N-methyl/N-ethyl adjacent to an activating group) is 1. The number of halogens is 2. The number of thiazole rings is 1. The number of rotatable bonds is 3. The number of nitrogen functional groups attached to an aromatic ring is 1. The minimum absolute atomic E-state index is 0.125. The van der Waals surface area contributed by atoms with Crippen molar-refractivity contribution in [2.45, 2.75) is 25.1 Å². The summed E-state index contributed by atoms with van der Waals surface area (Å²) in [6.07, 6.45) is 1.82. The van der Waals surface area contributed by atoms with E-state index in [2.05, 4.69) is 9.88 Å². The average molecular weight is 344 g/mol. The maximum Gasteiger partial charge on any atom is 0.180 e. The van der Waals surface area contributed by atoms with Gasteiger partial charge in [0.2, 0.25) is 0 Å². The van der Waals surface area contributed by atoms with E-state index in [1.807, 2.05) is 13.1 Å². The van der Waals surface area contributed by atoms with Crippen LogP contribution in [0.1, 0.15) is 22.0 Å². The zero-order chi connectivity index (χ0) is 15.1. The molecule has 112 valence electrons. The van der Waals surface area contributed by atoms with Crippen LogP contribution in [0.25, 0.3) is 0 Å². The SMILES string of the molecule is CN(Cc1cnc(N)s1)C1c2cc(Cl)cc(Cl)c2CC1O. The van der Waals surface area contributed by atoms with E-state index in [-0.39, 0.29) is 6.04 Å². The molecule has 3 N–H and O–H groups in total. The number of aliphatic hydroxyl groups excluding tert-OH is 1. The predicted octanol–water partition coefficient (Wildman–Crippen LogP) is 3.12. The minimum Gasteiger partial charge on any atom is -0.391 e. The highest BCUT2D eigenvalue weighted by molar-refractivity contribution is 7.15. The summed E-state index contributed by atoms with van der Waals surface area (Å²) in [5.41, 5.74) is 7.64. The second-order valence-electron chi connectivity index (χ2n) is 5.25. The van der Waals surface area contributed by atoms with E-state index in [1.165, 1.54) is 11.3 Å². The van der Waals surface area contributed by atoms with E-state index in [9.17, 15) is 5.11 Å². The van der Waals surface area contributed by atoms with E-state index in [0.29, 0.717) is 28.1 Å². The molecule has 0 bridgehead atoms. The first-order chi connectivity index (χ1) is 9.95. The molecule has 3 rings (SSSR count). The highest BCUT2D eigenvalue weighted by atomic mass is 35.5. The summed E-state index contributed by atoms with van der Waals surface area (Å²) in [7, 11) is 1.97. The quantitative estimate of drug-likeness (QED) is 0.898. The molecule has 1 aromatic carbocycles. The Morgan fingerprint density at radius 2 is 2.24 bits per heavy atom. The number of nitrogens with zero attached hydrogens (tertiary/aromatic N) is 2. The smallest absolute Gasteiger partial charge is 0.180 e. The maximum atomic E-state index is 10.4. The van der Waals surface area contributed by atoms with E-state index < -0.39 is 6.10 Å². The van der Waals surface area contributed by atoms with Gasteiger partial charge in [0, 0.05) is 34.1 Å². The topological polar surface area (TPSA) is 62.4 Å². The second kappa shape index (κ2) is 5.74. The molecule has 2 atom stereocenters. The summed E-state index contributed by atoms with van der Waals surface area (Å²) in [5.74, 6) is 0. The first-order valence-corrected chi connectivity index (χ1v) is 8.09. The molecule has 2 unspecified atom stereocenters. The van der Waals surface area contributed by atoms with Gasteiger partial charge >= 0.3 is 0 Å². The number of aromatic nitrogens is 1. The second-order valence-corrected chi connectivity index (χ2v) is 7.24. The molecule has 1 aromatic heterocycles. The third-order valence-corrected chi connectivity index (χ3v) is 5.11. The highest BCUT2D eigenvalue weighted by Crippen LogP contribution is 2.41. The largest absolute Gasteiger partial charge is 0.391 e. The standard InChI is InChI=1S/C14H15Cl2N3OS/c1-19(6-8-5-18-14(17)21-8)13-10-2-7(15)3-11(16)9(10)4-12(13)20/h2-3,5,12-13,20H,4,6H2,1H3,(H2,17,18). The molecule has 21 heavy (non-hydrogen) atoms. The summed E-state index contributed by atoms with van der Waals surface area (Å²) in [6.45, 7) is 0.667. The van der Waals surface area contributed by atoms with Gasteiger partial charge in [-0.3, -0.25) is 4.90 Å². The van der Waals surface area contributed by atoms with Crippen molar-refractivity contribution in [1.82, 2.24) is 9.88 Å². The average Bonchev–Trinajstić information content (AvgIpc) is 2.92. The fraction of sp³-hybridized carbons (Fsp3) is 0.357. The summed E-state index contributed by atoms with van der Waals surface area (Å²) >= 11 is 13.8. The monoisotopic (exact) mass is 343 g/mol. The lowest BCUT2D eigenvalue weighted by atomic mass is 10.1. The molecular weight excluding hydrogens is 329 g/mol. The van der Waals surface area contributed by atoms with Crippen LogP contribution in [-0.4, -0.2) is 28.1 Å². The van der Waals surface area contributed by atoms with E-state index >= 15 is 0 Å². The normalized spacial score (nSPS) is 21.0. The third-order valence-electron chi connectivity index (χ3n) is 3.74. The van der Waals surface area contributed by atoms with Crippen LogP contribution in [-0.2, 0) is 13.0 Å². The van der Waals surface area contributed by atoms with Gasteiger partial charge in [-0.1, -0.05) is 23.2 Å². The molecule has 2 aromatic rings. The summed E-state index contributed by atoms with van der Waals surface area (Å²) in [6, 6.07) is 3.49. The van der Waals surface area contributed by atoms with Crippen molar-refractivity contribution >= 4 is 39.7 Å². The van der Waals surface area contributed by atoms with Gasteiger partial charge in [-0.25, -0.2) is 4.98 Å². The molecule has 0 saturated heterocycles. The van der Waals surface area contributed by atoms with Crippen LogP contribution >= 0.6 is 34.5 Å². The zero-order valence-electron chi connectivity index (χ0n) is 11.4. The number of hydrogen-bond donors (Lipinski definition) is 2. The van der Waals surface area contributed by atoms with Crippen molar-refractivity contribution in [1.29, 1.82) is 0 Å². The Morgan fingerprint density at radius 1 is 1.48 bits per heavy atom. The fourth-order valence-corrected chi connectivity index (χ4v) is 4.24. The van der Waals surface area contributed by atoms with Crippen molar-refractivity contribution in [3.63, 3.8) is 0 Å². The number of hydrogen-bond acceptors (Lipinski definition) is 5. The fourth-order valence-electron chi connectivity index (χ4n) is 2.90. The van der Waals surface area contributed by atoms with Crippen molar-refractivity contribution in [3.8, 4) is 0 Å². The molecular formula is C14H15Cl2N3OS. The molecule has 4 nitrogen and oxygen atoms in total. The van der Waals surface area contributed by atoms with Crippen molar-refractivity contribution in [3.05, 3.63) is 44.4 Å². The van der Waals surface area contributed by atoms with Crippen LogP contribution in [0.5, 0.6) is 0 Å². The van der Waals surface area contributed by atoms with Crippen molar-refractivity contribution in [2.24, 2.45) is 0 Å². The predicted molar refractivity (Wildman–Crippen MR) is 86.9 cm³/mol. The molecule has 0 aliphatic heterocycles. The van der Waals surface area contributed by atoms with Crippen LogP contribution in [0.4, 0.5) is 5.13 Å². The Labute approximate surface area is 137 Å². The number of fused-ring (bicyclic) bond motifs is 1. The molecule has 1 aliphatic carbocycles. The lowest BCUT2D eigenvalue weighted by molar-refractivity contribution is 0.0730. The molecule has 0 spiro atoms. The molecule has 0 fully saturated rings. The van der Waals surface area contributed by atoms with Crippen molar-refractivity contribution < 1.29 is 5.11 Å². The third kappa shape index (κ3) is 2.89. The molecule has 7 heteroatoms. The number of aliphatic hydroxyl groups is 1. The van der Waals surface area contributed by atoms with Crippen LogP contribution in [0.15, 0.2) is 18.3 Å². The van der Waals surface area contributed by atoms with Gasteiger partial charge < -0.3 is 10.8 Å². The lowest BCUT2D eigenvalue weighted by Crippen LogP contribution is -2.30. The Balaban J connectivity index is 1.89. The highest BCUT2D eigenvalue weighted by Gasteiger charge is 2.35. The number of nitrogens with two attached hydrogens (primary N) is 1. The summed E-state index contributed by atoms with van der Waals surface area (Å²) in [4.78, 5) is 7.19. The summed E-state index contributed by atoms with van der Waals surface area (Å²) in [5, 5.41) is 12.2. The van der Waals surface area contributed by atoms with Gasteiger partial charge in [-0.15, -0.1) is 11.3 Å². The molecule has 0 radical (unpaired) electrons.